The van der Waals surface area contributed by atoms with Gasteiger partial charge in [0.05, 0.1) is 12.5 Å². The van der Waals surface area contributed by atoms with Crippen LogP contribution in [0, 0.1) is 5.92 Å². The Balaban J connectivity index is 1.32. The molecule has 3 aromatic rings. The second-order valence-corrected chi connectivity index (χ2v) is 9.42. The van der Waals surface area contributed by atoms with Crippen LogP contribution in [0.2, 0.25) is 0 Å². The molecule has 196 valence electrons. The number of carbonyl (C=O) groups excluding carboxylic acids is 3. The van der Waals surface area contributed by atoms with Gasteiger partial charge in [-0.05, 0) is 24.0 Å². The summed E-state index contributed by atoms with van der Waals surface area (Å²) in [7, 11) is 0. The Hall–Kier alpha value is -4.26. The van der Waals surface area contributed by atoms with Crippen molar-refractivity contribution >= 4 is 17.8 Å². The molecule has 2 atom stereocenters. The van der Waals surface area contributed by atoms with Gasteiger partial charge in [-0.2, -0.15) is 0 Å². The molecule has 0 bridgehead atoms. The first-order valence-electron chi connectivity index (χ1n) is 13.0. The van der Waals surface area contributed by atoms with Crippen molar-refractivity contribution in [3.8, 4) is 0 Å². The number of nitrogens with zero attached hydrogens (tertiary/aromatic N) is 1. The van der Waals surface area contributed by atoms with Crippen LogP contribution in [-0.4, -0.2) is 24.3 Å². The van der Waals surface area contributed by atoms with E-state index in [4.69, 9.17) is 4.74 Å². The minimum absolute atomic E-state index is 0.0762. The zero-order valence-corrected chi connectivity index (χ0v) is 21.4. The lowest BCUT2D eigenvalue weighted by Crippen LogP contribution is -2.37. The highest BCUT2D eigenvalue weighted by Crippen LogP contribution is 2.19. The Morgan fingerprint density at radius 2 is 1.63 bits per heavy atom. The second kappa shape index (κ2) is 13.9. The number of allylic oxidation sites excluding steroid dienone is 2. The molecule has 2 heterocycles. The van der Waals surface area contributed by atoms with Crippen LogP contribution in [0.3, 0.4) is 0 Å². The highest BCUT2D eigenvalue weighted by molar-refractivity contribution is 5.86. The Bertz CT molecular complexity index is 1230. The molecule has 0 spiro atoms. The predicted molar refractivity (Wildman–Crippen MR) is 143 cm³/mol. The maximum atomic E-state index is 13.0. The van der Waals surface area contributed by atoms with E-state index in [9.17, 15) is 14.4 Å². The number of hydrogen-bond acceptors (Lipinski definition) is 4. The topological polar surface area (TPSA) is 88.4 Å². The van der Waals surface area contributed by atoms with Gasteiger partial charge in [0.15, 0.2) is 18.9 Å². The van der Waals surface area contributed by atoms with Crippen molar-refractivity contribution in [2.45, 2.75) is 44.9 Å². The van der Waals surface area contributed by atoms with E-state index in [1.807, 2.05) is 85.2 Å². The number of nitrogens with one attached hydrogen (secondary N) is 2. The number of ether oxygens (including phenoxy) is 1. The summed E-state index contributed by atoms with van der Waals surface area (Å²) >= 11 is 0. The van der Waals surface area contributed by atoms with Crippen LogP contribution in [0.1, 0.15) is 48.5 Å². The van der Waals surface area contributed by atoms with E-state index in [1.165, 1.54) is 5.56 Å². The molecule has 7 nitrogen and oxygen atoms in total. The van der Waals surface area contributed by atoms with Gasteiger partial charge in [0.25, 0.3) is 0 Å². The van der Waals surface area contributed by atoms with Gasteiger partial charge < -0.3 is 15.4 Å². The molecule has 1 aliphatic rings. The third kappa shape index (κ3) is 8.40. The molecular formula is C31H34N3O4+. The molecule has 2 N–H and O–H groups in total. The summed E-state index contributed by atoms with van der Waals surface area (Å²) in [6.07, 6.45) is 8.44. The van der Waals surface area contributed by atoms with Gasteiger partial charge >= 0.3 is 5.97 Å². The average molecular weight is 513 g/mol. The number of rotatable bonds is 7. The third-order valence-electron chi connectivity index (χ3n) is 6.47. The summed E-state index contributed by atoms with van der Waals surface area (Å²) < 4.78 is 7.72. The van der Waals surface area contributed by atoms with E-state index in [0.717, 1.165) is 17.7 Å². The summed E-state index contributed by atoms with van der Waals surface area (Å²) in [4.78, 5) is 38.0. The lowest BCUT2D eigenvalue weighted by Gasteiger charge is -2.21. The van der Waals surface area contributed by atoms with Crippen LogP contribution in [0.25, 0.3) is 0 Å². The molecule has 38 heavy (non-hydrogen) atoms. The quantitative estimate of drug-likeness (QED) is 0.287. The van der Waals surface area contributed by atoms with E-state index in [1.54, 1.807) is 0 Å². The summed E-state index contributed by atoms with van der Waals surface area (Å²) in [6, 6.07) is 23.5. The number of pyridine rings is 1. The smallest absolute Gasteiger partial charge is 0.306 e. The zero-order valence-electron chi connectivity index (χ0n) is 21.4. The molecule has 0 saturated heterocycles. The van der Waals surface area contributed by atoms with Crippen molar-refractivity contribution in [2.75, 3.05) is 6.54 Å². The summed E-state index contributed by atoms with van der Waals surface area (Å²) in [6.45, 7) is 1.33. The number of amides is 2. The van der Waals surface area contributed by atoms with Crippen LogP contribution < -0.4 is 15.2 Å². The van der Waals surface area contributed by atoms with Gasteiger partial charge in [-0.25, -0.2) is 4.57 Å². The van der Waals surface area contributed by atoms with E-state index in [0.29, 0.717) is 19.4 Å². The first kappa shape index (κ1) is 26.8. The Kier molecular flexibility index (Phi) is 9.79. The van der Waals surface area contributed by atoms with E-state index in [-0.39, 0.29) is 37.2 Å². The number of benzene rings is 2. The highest BCUT2D eigenvalue weighted by atomic mass is 16.5. The first-order chi connectivity index (χ1) is 18.6. The van der Waals surface area contributed by atoms with Gasteiger partial charge in [-0.1, -0.05) is 72.8 Å². The normalized spacial score (nSPS) is 18.4. The van der Waals surface area contributed by atoms with E-state index >= 15 is 0 Å². The third-order valence-corrected chi connectivity index (χ3v) is 6.47. The second-order valence-electron chi connectivity index (χ2n) is 9.42. The van der Waals surface area contributed by atoms with Gasteiger partial charge in [0, 0.05) is 37.1 Å². The Morgan fingerprint density at radius 1 is 0.921 bits per heavy atom. The van der Waals surface area contributed by atoms with Gasteiger partial charge in [-0.15, -0.1) is 0 Å². The molecule has 7 heteroatoms. The molecule has 0 unspecified atom stereocenters. The van der Waals surface area contributed by atoms with E-state index in [2.05, 4.69) is 27.3 Å². The van der Waals surface area contributed by atoms with Crippen molar-refractivity contribution in [2.24, 2.45) is 5.92 Å². The molecule has 1 aromatic heterocycles. The predicted octanol–water partition coefficient (Wildman–Crippen LogP) is 3.79. The van der Waals surface area contributed by atoms with Crippen LogP contribution in [-0.2, 0) is 32.2 Å². The molecule has 2 aromatic carbocycles. The highest BCUT2D eigenvalue weighted by Gasteiger charge is 2.24. The molecule has 4 rings (SSSR count). The minimum atomic E-state index is -0.576. The van der Waals surface area contributed by atoms with Crippen LogP contribution in [0.5, 0.6) is 0 Å². The molecular weight excluding hydrogens is 478 g/mol. The molecule has 2 amide bonds. The summed E-state index contributed by atoms with van der Waals surface area (Å²) in [5.41, 5.74) is 3.02. The first-order valence-corrected chi connectivity index (χ1v) is 13.0. The number of cyclic esters (lactones) is 1. The zero-order chi connectivity index (χ0) is 26.6. The number of hydrogen-bond donors (Lipinski definition) is 2. The Labute approximate surface area is 223 Å². The van der Waals surface area contributed by atoms with Crippen molar-refractivity contribution < 1.29 is 23.7 Å². The fourth-order valence-corrected chi connectivity index (χ4v) is 4.32. The molecule has 0 fully saturated rings. The van der Waals surface area contributed by atoms with Crippen LogP contribution in [0.4, 0.5) is 0 Å². The maximum Gasteiger partial charge on any atom is 0.306 e. The van der Waals surface area contributed by atoms with Gasteiger partial charge in [-0.3, -0.25) is 14.4 Å². The van der Waals surface area contributed by atoms with E-state index < -0.39 is 12.0 Å². The lowest BCUT2D eigenvalue weighted by molar-refractivity contribution is -0.688. The van der Waals surface area contributed by atoms with Crippen molar-refractivity contribution in [3.05, 3.63) is 114 Å². The molecule has 0 radical (unpaired) electrons. The number of carbonyl (C=O) groups is 3. The fourth-order valence-electron chi connectivity index (χ4n) is 4.32. The van der Waals surface area contributed by atoms with Gasteiger partial charge in [0.1, 0.15) is 6.10 Å². The maximum absolute atomic E-state index is 13.0. The van der Waals surface area contributed by atoms with Crippen molar-refractivity contribution in [1.29, 1.82) is 0 Å². The molecule has 0 saturated carbocycles. The average Bonchev–Trinajstić information content (AvgIpc) is 2.94. The van der Waals surface area contributed by atoms with Crippen LogP contribution >= 0.6 is 0 Å². The Morgan fingerprint density at radius 3 is 2.37 bits per heavy atom. The summed E-state index contributed by atoms with van der Waals surface area (Å²) in [5, 5.41) is 5.83. The number of esters is 1. The largest absolute Gasteiger partial charge is 0.456 e. The fraction of sp³-hybridized carbons (Fsp3) is 0.290. The van der Waals surface area contributed by atoms with Crippen molar-refractivity contribution in [1.82, 2.24) is 10.6 Å². The standard InChI is InChI=1S/C31H33N3O4/c35-29(32-21-24-16-18-34(19-17-24)23-25-10-4-1-5-11-25)20-27-14-8-3-9-15-30(36)38-28(22-33-31(27)37)26-12-6-2-7-13-26/h1-8,10-13,16-19,27-28H,9,14-15,20-23H2,(H-,32,33,35,37)/p+1/t27-,28-/m0/s1. The molecule has 1 aliphatic heterocycles. The SMILES string of the molecule is O=C(C[C@@H]1CC=CCCC(=O)O[C@H](c2ccccc2)CNC1=O)NCc1cc[n+](Cc2ccccc2)cc1. The lowest BCUT2D eigenvalue weighted by atomic mass is 9.98. The molecule has 0 aliphatic carbocycles. The number of aromatic nitrogens is 1. The summed E-state index contributed by atoms with van der Waals surface area (Å²) in [5.74, 6) is -1.23. The minimum Gasteiger partial charge on any atom is -0.456 e. The van der Waals surface area contributed by atoms with Crippen LogP contribution in [0.15, 0.2) is 97.3 Å². The van der Waals surface area contributed by atoms with Crippen molar-refractivity contribution in [3.63, 3.8) is 0 Å². The monoisotopic (exact) mass is 512 g/mol. The van der Waals surface area contributed by atoms with Gasteiger partial charge in [0.2, 0.25) is 11.8 Å².